The third-order valence-corrected chi connectivity index (χ3v) is 7.79. The van der Waals surface area contributed by atoms with Gasteiger partial charge in [-0.15, -0.1) is 0 Å². The summed E-state index contributed by atoms with van der Waals surface area (Å²) in [5, 5.41) is 9.68. The number of amides is 2. The fourth-order valence-corrected chi connectivity index (χ4v) is 5.56. The molecule has 3 aliphatic rings. The number of carbonyl (C=O) groups excluding carboxylic acids is 1. The fourth-order valence-electron chi connectivity index (χ4n) is 5.56. The molecule has 0 saturated carbocycles. The monoisotopic (exact) mass is 550 g/mol. The molecule has 2 atom stereocenters. The first-order valence-corrected chi connectivity index (χ1v) is 13.4. The van der Waals surface area contributed by atoms with Crippen LogP contribution in [0.1, 0.15) is 68.0 Å². The van der Waals surface area contributed by atoms with Crippen LogP contribution in [0.25, 0.3) is 0 Å². The van der Waals surface area contributed by atoms with Crippen LogP contribution in [-0.4, -0.2) is 58.3 Å². The van der Waals surface area contributed by atoms with E-state index in [1.54, 1.807) is 11.1 Å². The van der Waals surface area contributed by atoms with E-state index < -0.39 is 29.6 Å². The Hall–Kier alpha value is -2.99. The Kier molecular flexibility index (Phi) is 7.69. The molecular weight excluding hydrogens is 516 g/mol. The maximum atomic E-state index is 15.1. The molecule has 4 heterocycles. The van der Waals surface area contributed by atoms with Crippen LogP contribution in [0.2, 0.25) is 0 Å². The predicted molar refractivity (Wildman–Crippen MR) is 137 cm³/mol. The minimum Gasteiger partial charge on any atom is -0.381 e. The Morgan fingerprint density at radius 1 is 1.23 bits per heavy atom. The van der Waals surface area contributed by atoms with E-state index in [-0.39, 0.29) is 29.7 Å². The first-order chi connectivity index (χ1) is 18.5. The third kappa shape index (κ3) is 6.43. The molecule has 12 heteroatoms. The zero-order valence-electron chi connectivity index (χ0n) is 22.1. The Balaban J connectivity index is 1.33. The van der Waals surface area contributed by atoms with Crippen molar-refractivity contribution in [3.05, 3.63) is 52.6 Å². The van der Waals surface area contributed by atoms with Crippen molar-refractivity contribution in [3.8, 4) is 0 Å². The Labute approximate surface area is 224 Å². The Bertz CT molecular complexity index is 1200. The van der Waals surface area contributed by atoms with Crippen LogP contribution in [0, 0.1) is 5.82 Å². The van der Waals surface area contributed by atoms with Gasteiger partial charge in [0.2, 0.25) is 5.95 Å². The number of hydrogen-bond acceptors (Lipinski definition) is 6. The van der Waals surface area contributed by atoms with Gasteiger partial charge < -0.3 is 25.6 Å². The summed E-state index contributed by atoms with van der Waals surface area (Å²) < 4.78 is 60.0. The van der Waals surface area contributed by atoms with Gasteiger partial charge in [0.05, 0.1) is 23.8 Å². The molecule has 2 fully saturated rings. The number of hydrogen-bond donors (Lipinski definition) is 3. The molecule has 2 unspecified atom stereocenters. The van der Waals surface area contributed by atoms with Crippen LogP contribution < -0.4 is 16.0 Å². The van der Waals surface area contributed by atoms with Crippen LogP contribution in [0.3, 0.4) is 0 Å². The predicted octanol–water partition coefficient (Wildman–Crippen LogP) is 4.57. The number of nitrogens with one attached hydrogen (secondary N) is 3. The van der Waals surface area contributed by atoms with Gasteiger partial charge in [-0.1, -0.05) is 6.07 Å². The molecule has 212 valence electrons. The van der Waals surface area contributed by atoms with Gasteiger partial charge in [0.15, 0.2) is 0 Å². The van der Waals surface area contributed by atoms with Crippen LogP contribution >= 0.6 is 0 Å². The molecule has 2 aromatic rings. The number of alkyl halides is 3. The van der Waals surface area contributed by atoms with Gasteiger partial charge in [-0.2, -0.15) is 13.2 Å². The molecule has 3 N–H and O–H groups in total. The molecule has 8 nitrogen and oxygen atoms in total. The van der Waals surface area contributed by atoms with Crippen molar-refractivity contribution in [2.45, 2.75) is 82.3 Å². The van der Waals surface area contributed by atoms with Crippen molar-refractivity contribution in [2.75, 3.05) is 25.1 Å². The van der Waals surface area contributed by atoms with Gasteiger partial charge in [-0.25, -0.2) is 19.2 Å². The fraction of sp³-hybridized carbons (Fsp3) is 0.593. The lowest BCUT2D eigenvalue weighted by Crippen LogP contribution is -2.50. The molecule has 1 aromatic heterocycles. The van der Waals surface area contributed by atoms with E-state index >= 15 is 4.39 Å². The summed E-state index contributed by atoms with van der Waals surface area (Å²) in [5.41, 5.74) is 0.407. The van der Waals surface area contributed by atoms with Gasteiger partial charge in [0, 0.05) is 49.1 Å². The number of anilines is 1. The maximum Gasteiger partial charge on any atom is 0.416 e. The summed E-state index contributed by atoms with van der Waals surface area (Å²) in [5.74, 6) is -0.493. The summed E-state index contributed by atoms with van der Waals surface area (Å²) in [6.07, 6.45) is 0.830. The topological polar surface area (TPSA) is 91.4 Å². The maximum absolute atomic E-state index is 15.1. The quantitative estimate of drug-likeness (QED) is 0.473. The highest BCUT2D eigenvalue weighted by Gasteiger charge is 2.39. The second-order valence-electron chi connectivity index (χ2n) is 11.2. The molecule has 5 rings (SSSR count). The number of carbonyl (C=O) groups is 1. The van der Waals surface area contributed by atoms with Gasteiger partial charge in [-0.3, -0.25) is 0 Å². The second kappa shape index (κ2) is 10.9. The molecule has 2 saturated heterocycles. The van der Waals surface area contributed by atoms with E-state index in [1.807, 2.05) is 13.8 Å². The molecule has 0 spiro atoms. The SMILES string of the molecule is CC1(C)CCC(C(NC(=O)N2CCc3cnc(NC4CCOCC4)nc3C2)c2ccc(C(F)(F)F)cc2F)N1. The number of ether oxygens (including phenoxy) is 1. The number of aromatic nitrogens is 2. The molecule has 0 radical (unpaired) electrons. The van der Waals surface area contributed by atoms with Crippen molar-refractivity contribution in [2.24, 2.45) is 0 Å². The minimum atomic E-state index is -4.66. The van der Waals surface area contributed by atoms with E-state index in [9.17, 15) is 18.0 Å². The lowest BCUT2D eigenvalue weighted by atomic mass is 9.96. The van der Waals surface area contributed by atoms with E-state index in [0.29, 0.717) is 44.6 Å². The highest BCUT2D eigenvalue weighted by molar-refractivity contribution is 5.75. The van der Waals surface area contributed by atoms with Crippen LogP contribution in [0.15, 0.2) is 24.4 Å². The molecule has 39 heavy (non-hydrogen) atoms. The number of halogens is 4. The molecular formula is C27H34F4N6O2. The van der Waals surface area contributed by atoms with Gasteiger partial charge in [0.1, 0.15) is 5.82 Å². The smallest absolute Gasteiger partial charge is 0.381 e. The number of nitrogens with zero attached hydrogens (tertiary/aromatic N) is 3. The highest BCUT2D eigenvalue weighted by Crippen LogP contribution is 2.35. The summed E-state index contributed by atoms with van der Waals surface area (Å²) >= 11 is 0. The number of rotatable bonds is 5. The minimum absolute atomic E-state index is 0.0224. The van der Waals surface area contributed by atoms with Crippen molar-refractivity contribution in [1.29, 1.82) is 0 Å². The second-order valence-corrected chi connectivity index (χ2v) is 11.2. The van der Waals surface area contributed by atoms with Gasteiger partial charge in [-0.05, 0) is 63.6 Å². The lowest BCUT2D eigenvalue weighted by molar-refractivity contribution is -0.137. The number of benzene rings is 1. The largest absolute Gasteiger partial charge is 0.416 e. The van der Waals surface area contributed by atoms with E-state index in [4.69, 9.17) is 4.74 Å². The zero-order chi connectivity index (χ0) is 27.8. The normalized spacial score (nSPS) is 22.3. The van der Waals surface area contributed by atoms with Crippen LogP contribution in [-0.2, 0) is 23.9 Å². The summed E-state index contributed by atoms with van der Waals surface area (Å²) in [6.45, 7) is 6.04. The first-order valence-electron chi connectivity index (χ1n) is 13.4. The van der Waals surface area contributed by atoms with Gasteiger partial charge >= 0.3 is 12.2 Å². The Morgan fingerprint density at radius 3 is 2.67 bits per heavy atom. The van der Waals surface area contributed by atoms with E-state index in [2.05, 4.69) is 25.9 Å². The average molecular weight is 551 g/mol. The third-order valence-electron chi connectivity index (χ3n) is 7.79. The van der Waals surface area contributed by atoms with Gasteiger partial charge in [0.25, 0.3) is 0 Å². The summed E-state index contributed by atoms with van der Waals surface area (Å²) in [7, 11) is 0. The van der Waals surface area contributed by atoms with Crippen molar-refractivity contribution >= 4 is 12.0 Å². The molecule has 2 amide bonds. The number of fused-ring (bicyclic) bond motifs is 1. The molecule has 0 bridgehead atoms. The standard InChI is InChI=1S/C27H34F4N6O2/c1-26(2)9-5-21(36-26)23(19-4-3-17(13-20(19)28)27(29,30)31)35-25(38)37-10-6-16-14-32-24(34-22(16)15-37)33-18-7-11-39-12-8-18/h3-4,13-14,18,21,23,36H,5-12,15H2,1-2H3,(H,35,38)(H,32,33,34). The summed E-state index contributed by atoms with van der Waals surface area (Å²) in [6, 6.07) is 1.09. The molecule has 3 aliphatic heterocycles. The van der Waals surface area contributed by atoms with Crippen molar-refractivity contribution in [1.82, 2.24) is 25.5 Å². The van der Waals surface area contributed by atoms with E-state index in [1.165, 1.54) is 0 Å². The molecule has 0 aliphatic carbocycles. The summed E-state index contributed by atoms with van der Waals surface area (Å²) in [4.78, 5) is 24.1. The van der Waals surface area contributed by atoms with Crippen molar-refractivity contribution in [3.63, 3.8) is 0 Å². The number of urea groups is 1. The molecule has 1 aromatic carbocycles. The van der Waals surface area contributed by atoms with E-state index in [0.717, 1.165) is 42.7 Å². The van der Waals surface area contributed by atoms with Crippen LogP contribution in [0.4, 0.5) is 28.3 Å². The van der Waals surface area contributed by atoms with Crippen molar-refractivity contribution < 1.29 is 27.1 Å². The lowest BCUT2D eigenvalue weighted by Gasteiger charge is -2.33. The highest BCUT2D eigenvalue weighted by atomic mass is 19.4. The first kappa shape index (κ1) is 27.6. The average Bonchev–Trinajstić information content (AvgIpc) is 3.26. The zero-order valence-corrected chi connectivity index (χ0v) is 22.1. The Morgan fingerprint density at radius 2 is 2.00 bits per heavy atom. The van der Waals surface area contributed by atoms with Crippen LogP contribution in [0.5, 0.6) is 0 Å².